The molecule has 23 heavy (non-hydrogen) atoms. The zero-order chi connectivity index (χ0) is 17.0. The molecule has 0 saturated heterocycles. The number of hydrogen-bond acceptors (Lipinski definition) is 1. The third-order valence-electron chi connectivity index (χ3n) is 4.55. The molecular weight excluding hydrogens is 284 g/mol. The summed E-state index contributed by atoms with van der Waals surface area (Å²) in [5, 5.41) is 0. The van der Waals surface area contributed by atoms with E-state index in [0.717, 1.165) is 6.54 Å². The number of carbonyl (C=O) groups is 1. The lowest BCUT2D eigenvalue weighted by atomic mass is 10.0. The fraction of sp³-hybridized carbons (Fsp3) is 0.450. The second kappa shape index (κ2) is 7.49. The average Bonchev–Trinajstić information content (AvgIpc) is 2.90. The first kappa shape index (κ1) is 17.3. The summed E-state index contributed by atoms with van der Waals surface area (Å²) >= 11 is 0. The van der Waals surface area contributed by atoms with Crippen molar-refractivity contribution in [3.8, 4) is 0 Å². The van der Waals surface area contributed by atoms with Crippen LogP contribution >= 0.6 is 0 Å². The summed E-state index contributed by atoms with van der Waals surface area (Å²) in [6, 6.07) is 13.0. The van der Waals surface area contributed by atoms with Crippen LogP contribution in [0.25, 0.3) is 0 Å². The zero-order valence-electron chi connectivity index (χ0n) is 14.9. The predicted molar refractivity (Wildman–Crippen MR) is 95.2 cm³/mol. The van der Waals surface area contributed by atoms with E-state index in [1.807, 2.05) is 4.90 Å². The van der Waals surface area contributed by atoms with Crippen molar-refractivity contribution < 1.29 is 4.79 Å². The molecular formula is C20H28N2O. The summed E-state index contributed by atoms with van der Waals surface area (Å²) in [6.45, 7) is 11.7. The number of rotatable bonds is 6. The van der Waals surface area contributed by atoms with Crippen LogP contribution in [-0.4, -0.2) is 21.4 Å². The van der Waals surface area contributed by atoms with Crippen LogP contribution in [0.2, 0.25) is 0 Å². The number of aromatic nitrogens is 1. The number of amides is 1. The molecule has 0 unspecified atom stereocenters. The molecule has 0 spiro atoms. The van der Waals surface area contributed by atoms with Crippen LogP contribution < -0.4 is 0 Å². The highest BCUT2D eigenvalue weighted by Gasteiger charge is 2.20. The van der Waals surface area contributed by atoms with Crippen molar-refractivity contribution in [3.05, 3.63) is 59.4 Å². The van der Waals surface area contributed by atoms with Crippen LogP contribution in [0.3, 0.4) is 0 Å². The van der Waals surface area contributed by atoms with Gasteiger partial charge in [-0.15, -0.1) is 0 Å². The molecule has 2 aromatic rings. The number of carbonyl (C=O) groups excluding carboxylic acids is 1. The normalized spacial score (nSPS) is 12.4. The number of hydrogen-bond donors (Lipinski definition) is 0. The maximum atomic E-state index is 12.0. The Balaban J connectivity index is 2.18. The smallest absolute Gasteiger partial charge is 0.220 e. The Labute approximate surface area is 139 Å². The monoisotopic (exact) mass is 312 g/mol. The fourth-order valence-corrected chi connectivity index (χ4v) is 2.83. The largest absolute Gasteiger partial charge is 0.345 e. The quantitative estimate of drug-likeness (QED) is 0.783. The molecule has 0 N–H and O–H groups in total. The van der Waals surface area contributed by atoms with Crippen LogP contribution in [-0.2, 0) is 17.9 Å². The second-order valence-electron chi connectivity index (χ2n) is 6.75. The van der Waals surface area contributed by atoms with E-state index in [2.05, 4.69) is 74.9 Å². The summed E-state index contributed by atoms with van der Waals surface area (Å²) in [7, 11) is 0. The molecule has 124 valence electrons. The van der Waals surface area contributed by atoms with Crippen LogP contribution in [0.4, 0.5) is 0 Å². The van der Waals surface area contributed by atoms with Gasteiger partial charge in [0.15, 0.2) is 0 Å². The van der Waals surface area contributed by atoms with E-state index in [-0.39, 0.29) is 11.9 Å². The summed E-state index contributed by atoms with van der Waals surface area (Å²) in [4.78, 5) is 14.0. The number of nitrogens with zero attached hydrogens (tertiary/aromatic N) is 2. The molecule has 1 heterocycles. The van der Waals surface area contributed by atoms with Gasteiger partial charge in [-0.1, -0.05) is 43.7 Å². The molecule has 1 aromatic heterocycles. The second-order valence-corrected chi connectivity index (χ2v) is 6.75. The summed E-state index contributed by atoms with van der Waals surface area (Å²) in [5.41, 5.74) is 3.73. The Morgan fingerprint density at radius 3 is 2.52 bits per heavy atom. The first-order chi connectivity index (χ1) is 10.9. The van der Waals surface area contributed by atoms with Gasteiger partial charge in [-0.05, 0) is 37.5 Å². The van der Waals surface area contributed by atoms with Gasteiger partial charge < -0.3 is 9.47 Å². The third-order valence-corrected chi connectivity index (χ3v) is 4.55. The fourth-order valence-electron chi connectivity index (χ4n) is 2.83. The minimum Gasteiger partial charge on any atom is -0.345 e. The van der Waals surface area contributed by atoms with Gasteiger partial charge in [0.05, 0.1) is 6.54 Å². The minimum atomic E-state index is 0.134. The molecule has 3 heteroatoms. The van der Waals surface area contributed by atoms with E-state index in [9.17, 15) is 4.79 Å². The Kier molecular flexibility index (Phi) is 5.64. The van der Waals surface area contributed by atoms with Gasteiger partial charge in [0.2, 0.25) is 5.91 Å². The molecule has 1 atom stereocenters. The van der Waals surface area contributed by atoms with Gasteiger partial charge in [-0.3, -0.25) is 4.79 Å². The highest BCUT2D eigenvalue weighted by atomic mass is 16.2. The molecule has 1 aromatic carbocycles. The summed E-state index contributed by atoms with van der Waals surface area (Å²) in [6.07, 6.45) is 2.09. The van der Waals surface area contributed by atoms with Crippen LogP contribution in [0.1, 0.15) is 44.5 Å². The Morgan fingerprint density at radius 2 is 1.91 bits per heavy atom. The van der Waals surface area contributed by atoms with Gasteiger partial charge in [0.25, 0.3) is 0 Å². The van der Waals surface area contributed by atoms with Gasteiger partial charge in [-0.2, -0.15) is 0 Å². The molecule has 0 aliphatic heterocycles. The van der Waals surface area contributed by atoms with Gasteiger partial charge >= 0.3 is 0 Å². The SMILES string of the molecule is CC(=O)N(Cc1cccn1Cc1cccc(C)c1)[C@@H](C)C(C)C. The standard InChI is InChI=1S/C20H28N2O/c1-15(2)17(4)22(18(5)23)14-20-10-7-11-21(20)13-19-9-6-8-16(3)12-19/h6-12,15,17H,13-14H2,1-5H3/t17-/m0/s1. The third kappa shape index (κ3) is 4.47. The first-order valence-corrected chi connectivity index (χ1v) is 8.35. The molecule has 0 bridgehead atoms. The molecule has 1 amide bonds. The van der Waals surface area contributed by atoms with E-state index in [1.54, 1.807) is 6.92 Å². The average molecular weight is 312 g/mol. The molecule has 2 rings (SSSR count). The molecule has 0 aliphatic carbocycles. The minimum absolute atomic E-state index is 0.134. The van der Waals surface area contributed by atoms with Gasteiger partial charge in [0.1, 0.15) is 0 Å². The van der Waals surface area contributed by atoms with E-state index in [1.165, 1.54) is 16.8 Å². The lowest BCUT2D eigenvalue weighted by Gasteiger charge is -2.31. The topological polar surface area (TPSA) is 25.2 Å². The lowest BCUT2D eigenvalue weighted by Crippen LogP contribution is -2.40. The van der Waals surface area contributed by atoms with E-state index >= 15 is 0 Å². The highest BCUT2D eigenvalue weighted by Crippen LogP contribution is 2.17. The maximum Gasteiger partial charge on any atom is 0.220 e. The Bertz CT molecular complexity index is 657. The van der Waals surface area contributed by atoms with E-state index in [4.69, 9.17) is 0 Å². The van der Waals surface area contributed by atoms with Crippen molar-refractivity contribution in [1.29, 1.82) is 0 Å². The molecule has 0 aliphatic rings. The maximum absolute atomic E-state index is 12.0. The van der Waals surface area contributed by atoms with Crippen molar-refractivity contribution in [3.63, 3.8) is 0 Å². The Morgan fingerprint density at radius 1 is 1.17 bits per heavy atom. The van der Waals surface area contributed by atoms with Crippen molar-refractivity contribution in [1.82, 2.24) is 9.47 Å². The van der Waals surface area contributed by atoms with Crippen molar-refractivity contribution in [2.24, 2.45) is 5.92 Å². The summed E-state index contributed by atoms with van der Waals surface area (Å²) < 4.78 is 2.23. The van der Waals surface area contributed by atoms with Crippen LogP contribution in [0.5, 0.6) is 0 Å². The molecule has 0 radical (unpaired) electrons. The van der Waals surface area contributed by atoms with Crippen LogP contribution in [0.15, 0.2) is 42.6 Å². The van der Waals surface area contributed by atoms with Crippen molar-refractivity contribution >= 4 is 5.91 Å². The highest BCUT2D eigenvalue weighted by molar-refractivity contribution is 5.73. The molecule has 3 nitrogen and oxygen atoms in total. The lowest BCUT2D eigenvalue weighted by molar-refractivity contribution is -0.132. The Hall–Kier alpha value is -2.03. The zero-order valence-corrected chi connectivity index (χ0v) is 14.9. The number of benzene rings is 1. The molecule has 0 fully saturated rings. The van der Waals surface area contributed by atoms with E-state index in [0.29, 0.717) is 12.5 Å². The van der Waals surface area contributed by atoms with Gasteiger partial charge in [0, 0.05) is 31.4 Å². The predicted octanol–water partition coefficient (Wildman–Crippen LogP) is 4.24. The van der Waals surface area contributed by atoms with E-state index < -0.39 is 0 Å². The van der Waals surface area contributed by atoms with Crippen molar-refractivity contribution in [2.75, 3.05) is 0 Å². The molecule has 0 saturated carbocycles. The van der Waals surface area contributed by atoms with Crippen molar-refractivity contribution in [2.45, 2.75) is 53.8 Å². The first-order valence-electron chi connectivity index (χ1n) is 8.35. The van der Waals surface area contributed by atoms with Crippen LogP contribution in [0, 0.1) is 12.8 Å². The van der Waals surface area contributed by atoms with Gasteiger partial charge in [-0.25, -0.2) is 0 Å². The summed E-state index contributed by atoms with van der Waals surface area (Å²) in [5.74, 6) is 0.577. The number of aryl methyl sites for hydroxylation is 1.